The summed E-state index contributed by atoms with van der Waals surface area (Å²) in [6.45, 7) is 4.12. The van der Waals surface area contributed by atoms with Crippen LogP contribution in [0, 0.1) is 13.8 Å². The molecule has 0 aliphatic rings. The van der Waals surface area contributed by atoms with E-state index in [1.807, 2.05) is 26.0 Å². The van der Waals surface area contributed by atoms with Crippen LogP contribution in [0.15, 0.2) is 30.6 Å². The Hall–Kier alpha value is -2.47. The van der Waals surface area contributed by atoms with Gasteiger partial charge in [-0.2, -0.15) is 0 Å². The van der Waals surface area contributed by atoms with Crippen molar-refractivity contribution in [2.45, 2.75) is 20.4 Å². The van der Waals surface area contributed by atoms with Crippen LogP contribution < -0.4 is 16.6 Å². The molecular weight excluding hydrogens is 254 g/mol. The number of aromatic nitrogens is 2. The Balaban J connectivity index is 2.07. The van der Waals surface area contributed by atoms with Crippen LogP contribution in [0.3, 0.4) is 0 Å². The van der Waals surface area contributed by atoms with Gasteiger partial charge in [-0.05, 0) is 31.5 Å². The van der Waals surface area contributed by atoms with Gasteiger partial charge in [0.2, 0.25) is 0 Å². The first-order valence-corrected chi connectivity index (χ1v) is 6.23. The number of nitrogens with two attached hydrogens (primary N) is 1. The number of aryl methyl sites for hydroxylation is 2. The minimum atomic E-state index is -0.208. The van der Waals surface area contributed by atoms with Crippen molar-refractivity contribution >= 4 is 11.6 Å². The summed E-state index contributed by atoms with van der Waals surface area (Å²) >= 11 is 0. The fourth-order valence-electron chi connectivity index (χ4n) is 1.75. The molecule has 1 heterocycles. The lowest BCUT2D eigenvalue weighted by molar-refractivity contribution is 0.0951. The van der Waals surface area contributed by atoms with Crippen LogP contribution in [0.1, 0.15) is 27.3 Å². The van der Waals surface area contributed by atoms with Gasteiger partial charge in [0.05, 0.1) is 35.4 Å². The maximum atomic E-state index is 12.1. The molecule has 0 aliphatic carbocycles. The second-order valence-corrected chi connectivity index (χ2v) is 4.53. The van der Waals surface area contributed by atoms with Crippen LogP contribution in [0.25, 0.3) is 0 Å². The van der Waals surface area contributed by atoms with E-state index in [2.05, 4.69) is 20.7 Å². The standard InChI is InChI=1S/C14H17N5O/c1-9-3-4-12(13(5-9)19-15)14(20)18-8-11-7-16-10(2)6-17-11/h3-7,19H,8,15H2,1-2H3,(H,18,20). The van der Waals surface area contributed by atoms with Crippen LogP contribution in [0.2, 0.25) is 0 Å². The van der Waals surface area contributed by atoms with Crippen LogP contribution in [-0.4, -0.2) is 15.9 Å². The summed E-state index contributed by atoms with van der Waals surface area (Å²) in [7, 11) is 0. The first-order chi connectivity index (χ1) is 9.60. The molecule has 2 aromatic rings. The molecular formula is C14H17N5O. The van der Waals surface area contributed by atoms with Crippen LogP contribution in [0.4, 0.5) is 5.69 Å². The highest BCUT2D eigenvalue weighted by Crippen LogP contribution is 2.16. The highest BCUT2D eigenvalue weighted by molar-refractivity contribution is 5.99. The molecule has 0 spiro atoms. The number of anilines is 1. The monoisotopic (exact) mass is 271 g/mol. The Bertz CT molecular complexity index is 609. The third kappa shape index (κ3) is 3.30. The number of hydrogen-bond acceptors (Lipinski definition) is 5. The predicted octanol–water partition coefficient (Wildman–Crippen LogP) is 1.31. The Morgan fingerprint density at radius 2 is 2.05 bits per heavy atom. The smallest absolute Gasteiger partial charge is 0.253 e. The zero-order valence-corrected chi connectivity index (χ0v) is 11.5. The van der Waals surface area contributed by atoms with Crippen molar-refractivity contribution in [3.8, 4) is 0 Å². The SMILES string of the molecule is Cc1ccc(C(=O)NCc2cnc(C)cn2)c(NN)c1. The molecule has 0 atom stereocenters. The second kappa shape index (κ2) is 6.12. The molecule has 20 heavy (non-hydrogen) atoms. The predicted molar refractivity (Wildman–Crippen MR) is 76.9 cm³/mol. The molecule has 6 nitrogen and oxygen atoms in total. The van der Waals surface area contributed by atoms with Gasteiger partial charge in [-0.25, -0.2) is 0 Å². The summed E-state index contributed by atoms with van der Waals surface area (Å²) in [5, 5.41) is 2.79. The first-order valence-electron chi connectivity index (χ1n) is 6.23. The van der Waals surface area contributed by atoms with Gasteiger partial charge in [0.1, 0.15) is 0 Å². The number of nitrogens with one attached hydrogen (secondary N) is 2. The quantitative estimate of drug-likeness (QED) is 0.576. The van der Waals surface area contributed by atoms with Crippen LogP contribution >= 0.6 is 0 Å². The third-order valence-corrected chi connectivity index (χ3v) is 2.84. The molecule has 4 N–H and O–H groups in total. The number of hydrazine groups is 1. The summed E-state index contributed by atoms with van der Waals surface area (Å²) in [6, 6.07) is 5.42. The number of amides is 1. The molecule has 0 fully saturated rings. The van der Waals surface area contributed by atoms with Gasteiger partial charge in [0, 0.05) is 6.20 Å². The molecule has 104 valence electrons. The number of carbonyl (C=O) groups excluding carboxylic acids is 1. The van der Waals surface area contributed by atoms with Gasteiger partial charge in [-0.3, -0.25) is 20.6 Å². The molecule has 0 saturated carbocycles. The van der Waals surface area contributed by atoms with E-state index in [0.29, 0.717) is 23.5 Å². The average Bonchev–Trinajstić information content (AvgIpc) is 2.46. The topological polar surface area (TPSA) is 92.9 Å². The van der Waals surface area contributed by atoms with E-state index in [1.165, 1.54) is 0 Å². The van der Waals surface area contributed by atoms with Gasteiger partial charge in [0.25, 0.3) is 5.91 Å². The van der Waals surface area contributed by atoms with Crippen molar-refractivity contribution < 1.29 is 4.79 Å². The number of carbonyl (C=O) groups is 1. The number of hydrogen-bond donors (Lipinski definition) is 3. The lowest BCUT2D eigenvalue weighted by atomic mass is 10.1. The molecule has 2 rings (SSSR count). The van der Waals surface area contributed by atoms with Crippen molar-refractivity contribution in [3.05, 3.63) is 53.1 Å². The number of rotatable bonds is 4. The van der Waals surface area contributed by atoms with Gasteiger partial charge < -0.3 is 10.7 Å². The third-order valence-electron chi connectivity index (χ3n) is 2.84. The van der Waals surface area contributed by atoms with Gasteiger partial charge in [-0.1, -0.05) is 6.07 Å². The largest absolute Gasteiger partial charge is 0.346 e. The fourth-order valence-corrected chi connectivity index (χ4v) is 1.75. The van der Waals surface area contributed by atoms with E-state index in [4.69, 9.17) is 5.84 Å². The maximum absolute atomic E-state index is 12.1. The molecule has 0 aliphatic heterocycles. The molecule has 0 radical (unpaired) electrons. The average molecular weight is 271 g/mol. The van der Waals surface area contributed by atoms with E-state index in [1.54, 1.807) is 18.5 Å². The maximum Gasteiger partial charge on any atom is 0.253 e. The Kier molecular flexibility index (Phi) is 4.27. The molecule has 6 heteroatoms. The lowest BCUT2D eigenvalue weighted by Crippen LogP contribution is -2.25. The van der Waals surface area contributed by atoms with Crippen molar-refractivity contribution in [3.63, 3.8) is 0 Å². The number of nitrogen functional groups attached to an aromatic ring is 1. The van der Waals surface area contributed by atoms with Crippen LogP contribution in [-0.2, 0) is 6.54 Å². The molecule has 0 saturated heterocycles. The zero-order valence-electron chi connectivity index (χ0n) is 11.5. The fraction of sp³-hybridized carbons (Fsp3) is 0.214. The molecule has 1 aromatic heterocycles. The van der Waals surface area contributed by atoms with E-state index in [-0.39, 0.29) is 5.91 Å². The van der Waals surface area contributed by atoms with Gasteiger partial charge in [-0.15, -0.1) is 0 Å². The molecule has 1 amide bonds. The van der Waals surface area contributed by atoms with Crippen molar-refractivity contribution in [2.75, 3.05) is 5.43 Å². The summed E-state index contributed by atoms with van der Waals surface area (Å²) in [4.78, 5) is 20.4. The molecule has 1 aromatic carbocycles. The minimum Gasteiger partial charge on any atom is -0.346 e. The van der Waals surface area contributed by atoms with E-state index < -0.39 is 0 Å². The second-order valence-electron chi connectivity index (χ2n) is 4.53. The number of nitrogens with zero attached hydrogens (tertiary/aromatic N) is 2. The number of benzene rings is 1. The summed E-state index contributed by atoms with van der Waals surface area (Å²) in [5.41, 5.74) is 6.20. The van der Waals surface area contributed by atoms with E-state index in [9.17, 15) is 4.79 Å². The van der Waals surface area contributed by atoms with Gasteiger partial charge >= 0.3 is 0 Å². The zero-order chi connectivity index (χ0) is 14.5. The van der Waals surface area contributed by atoms with Crippen LogP contribution in [0.5, 0.6) is 0 Å². The summed E-state index contributed by atoms with van der Waals surface area (Å²) in [6.07, 6.45) is 3.31. The minimum absolute atomic E-state index is 0.208. The van der Waals surface area contributed by atoms with Crippen molar-refractivity contribution in [1.82, 2.24) is 15.3 Å². The normalized spacial score (nSPS) is 10.2. The Morgan fingerprint density at radius 3 is 2.70 bits per heavy atom. The van der Waals surface area contributed by atoms with E-state index in [0.717, 1.165) is 11.3 Å². The summed E-state index contributed by atoms with van der Waals surface area (Å²) < 4.78 is 0. The highest BCUT2D eigenvalue weighted by atomic mass is 16.1. The lowest BCUT2D eigenvalue weighted by Gasteiger charge is -2.10. The van der Waals surface area contributed by atoms with E-state index >= 15 is 0 Å². The Labute approximate surface area is 117 Å². The van der Waals surface area contributed by atoms with Crippen molar-refractivity contribution in [2.24, 2.45) is 5.84 Å². The Morgan fingerprint density at radius 1 is 1.25 bits per heavy atom. The summed E-state index contributed by atoms with van der Waals surface area (Å²) in [5.74, 6) is 5.22. The molecule has 0 bridgehead atoms. The first kappa shape index (κ1) is 14.0. The highest BCUT2D eigenvalue weighted by Gasteiger charge is 2.10. The van der Waals surface area contributed by atoms with Crippen molar-refractivity contribution in [1.29, 1.82) is 0 Å². The van der Waals surface area contributed by atoms with Gasteiger partial charge in [0.15, 0.2) is 0 Å². The molecule has 0 unspecified atom stereocenters.